The van der Waals surface area contributed by atoms with Gasteiger partial charge in [0.2, 0.25) is 0 Å². The van der Waals surface area contributed by atoms with E-state index in [9.17, 15) is 13.2 Å². The highest BCUT2D eigenvalue weighted by molar-refractivity contribution is 5.57. The Morgan fingerprint density at radius 2 is 2.11 bits per heavy atom. The maximum absolute atomic E-state index is 13.1. The summed E-state index contributed by atoms with van der Waals surface area (Å²) in [6, 6.07) is 7.35. The number of likely N-dealkylation sites (N-methyl/N-ethyl adjacent to an activating group) is 1. The summed E-state index contributed by atoms with van der Waals surface area (Å²) >= 11 is 0. The first-order valence-corrected chi connectivity index (χ1v) is 8.40. The summed E-state index contributed by atoms with van der Waals surface area (Å²) in [6.07, 6.45) is -3.38. The molecule has 142 valence electrons. The molecule has 0 amide bonds. The molecule has 1 fully saturated rings. The lowest BCUT2D eigenvalue weighted by atomic mass is 10.2. The Labute approximate surface area is 152 Å². The molecule has 3 heterocycles. The zero-order valence-corrected chi connectivity index (χ0v) is 14.4. The Hall–Kier alpha value is -2.72. The van der Waals surface area contributed by atoms with E-state index in [0.717, 1.165) is 30.0 Å². The monoisotopic (exact) mass is 378 g/mol. The van der Waals surface area contributed by atoms with Crippen LogP contribution in [0.4, 0.5) is 13.2 Å². The third kappa shape index (κ3) is 3.45. The van der Waals surface area contributed by atoms with Gasteiger partial charge in [0.05, 0.1) is 17.9 Å². The van der Waals surface area contributed by atoms with E-state index in [1.807, 2.05) is 7.05 Å². The van der Waals surface area contributed by atoms with Crippen LogP contribution < -0.4 is 5.32 Å². The normalized spacial score (nSPS) is 18.7. The standard InChI is InChI=1S/C17H17F3N6O/c1-25-8-7-21-10-13(25)15-23-16(27-24-15)11-3-2-4-12(9-11)26-14(5-6-22-26)17(18,19)20/h2-6,9,13,21H,7-8,10H2,1H3. The third-order valence-electron chi connectivity index (χ3n) is 4.52. The van der Waals surface area contributed by atoms with Crippen LogP contribution in [-0.4, -0.2) is 51.5 Å². The summed E-state index contributed by atoms with van der Waals surface area (Å²) in [6.45, 7) is 2.46. The molecule has 1 atom stereocenters. The van der Waals surface area contributed by atoms with Crippen molar-refractivity contribution in [1.29, 1.82) is 0 Å². The highest BCUT2D eigenvalue weighted by Crippen LogP contribution is 2.31. The van der Waals surface area contributed by atoms with Crippen LogP contribution >= 0.6 is 0 Å². The average molecular weight is 378 g/mol. The van der Waals surface area contributed by atoms with Gasteiger partial charge >= 0.3 is 6.18 Å². The molecule has 0 saturated carbocycles. The van der Waals surface area contributed by atoms with E-state index in [2.05, 4.69) is 25.5 Å². The Balaban J connectivity index is 1.65. The minimum Gasteiger partial charge on any atom is -0.334 e. The molecule has 0 aliphatic carbocycles. The second-order valence-corrected chi connectivity index (χ2v) is 6.33. The second-order valence-electron chi connectivity index (χ2n) is 6.33. The van der Waals surface area contributed by atoms with Gasteiger partial charge in [-0.15, -0.1) is 0 Å². The minimum atomic E-state index is -4.50. The fraction of sp³-hybridized carbons (Fsp3) is 0.353. The molecule has 1 aromatic carbocycles. The van der Waals surface area contributed by atoms with Gasteiger partial charge in [-0.2, -0.15) is 23.3 Å². The molecule has 1 aliphatic rings. The summed E-state index contributed by atoms with van der Waals surface area (Å²) < 4.78 is 45.6. The first-order valence-electron chi connectivity index (χ1n) is 8.40. The van der Waals surface area contributed by atoms with Crippen molar-refractivity contribution in [3.63, 3.8) is 0 Å². The fourth-order valence-electron chi connectivity index (χ4n) is 3.08. The predicted molar refractivity (Wildman–Crippen MR) is 90.1 cm³/mol. The molecule has 7 nitrogen and oxygen atoms in total. The van der Waals surface area contributed by atoms with Crippen molar-refractivity contribution in [2.45, 2.75) is 12.2 Å². The van der Waals surface area contributed by atoms with Crippen molar-refractivity contribution in [2.24, 2.45) is 0 Å². The molecular formula is C17H17F3N6O. The van der Waals surface area contributed by atoms with E-state index in [1.165, 1.54) is 0 Å². The average Bonchev–Trinajstić information content (AvgIpc) is 3.32. The zero-order chi connectivity index (χ0) is 19.0. The van der Waals surface area contributed by atoms with Crippen LogP contribution in [0.5, 0.6) is 0 Å². The Bertz CT molecular complexity index is 935. The summed E-state index contributed by atoms with van der Waals surface area (Å²) in [5.74, 6) is 0.798. The molecule has 0 spiro atoms. The largest absolute Gasteiger partial charge is 0.433 e. The van der Waals surface area contributed by atoms with Crippen LogP contribution in [0.1, 0.15) is 17.6 Å². The zero-order valence-electron chi connectivity index (χ0n) is 14.4. The summed E-state index contributed by atoms with van der Waals surface area (Å²) in [7, 11) is 1.98. The molecule has 10 heteroatoms. The molecule has 0 radical (unpaired) electrons. The quantitative estimate of drug-likeness (QED) is 0.755. The van der Waals surface area contributed by atoms with Gasteiger partial charge in [0.25, 0.3) is 5.89 Å². The summed E-state index contributed by atoms with van der Waals surface area (Å²) in [4.78, 5) is 6.56. The fourth-order valence-corrected chi connectivity index (χ4v) is 3.08. The van der Waals surface area contributed by atoms with Gasteiger partial charge in [-0.1, -0.05) is 11.2 Å². The van der Waals surface area contributed by atoms with Crippen molar-refractivity contribution in [1.82, 2.24) is 30.1 Å². The number of hydrogen-bond donors (Lipinski definition) is 1. The third-order valence-corrected chi connectivity index (χ3v) is 4.52. The second kappa shape index (κ2) is 6.78. The highest BCUT2D eigenvalue weighted by atomic mass is 19.4. The van der Waals surface area contributed by atoms with Crippen molar-refractivity contribution < 1.29 is 17.7 Å². The molecule has 1 N–H and O–H groups in total. The van der Waals surface area contributed by atoms with Crippen LogP contribution in [0.2, 0.25) is 0 Å². The number of halogens is 3. The van der Waals surface area contributed by atoms with Crippen LogP contribution in [0.25, 0.3) is 17.1 Å². The number of aromatic nitrogens is 4. The molecular weight excluding hydrogens is 361 g/mol. The van der Waals surface area contributed by atoms with Crippen molar-refractivity contribution in [3.05, 3.63) is 48.0 Å². The van der Waals surface area contributed by atoms with Gasteiger partial charge in [0, 0.05) is 25.2 Å². The predicted octanol–water partition coefficient (Wildman–Crippen LogP) is 2.52. The van der Waals surface area contributed by atoms with Crippen LogP contribution in [-0.2, 0) is 6.18 Å². The van der Waals surface area contributed by atoms with Gasteiger partial charge in [-0.25, -0.2) is 4.68 Å². The number of piperazine rings is 1. The number of hydrogen-bond acceptors (Lipinski definition) is 6. The minimum absolute atomic E-state index is 0.0117. The summed E-state index contributed by atoms with van der Waals surface area (Å²) in [5.41, 5.74) is -0.0527. The summed E-state index contributed by atoms with van der Waals surface area (Å²) in [5, 5.41) is 11.1. The van der Waals surface area contributed by atoms with E-state index in [-0.39, 0.29) is 17.6 Å². The first-order chi connectivity index (χ1) is 12.9. The maximum atomic E-state index is 13.1. The van der Waals surface area contributed by atoms with Crippen molar-refractivity contribution >= 4 is 0 Å². The van der Waals surface area contributed by atoms with Gasteiger partial charge in [-0.3, -0.25) is 4.90 Å². The van der Waals surface area contributed by atoms with E-state index in [1.54, 1.807) is 24.3 Å². The Morgan fingerprint density at radius 3 is 2.89 bits per heavy atom. The molecule has 1 aliphatic heterocycles. The Morgan fingerprint density at radius 1 is 1.26 bits per heavy atom. The van der Waals surface area contributed by atoms with E-state index >= 15 is 0 Å². The lowest BCUT2D eigenvalue weighted by molar-refractivity contribution is -0.142. The Kier molecular flexibility index (Phi) is 4.44. The maximum Gasteiger partial charge on any atom is 0.433 e. The lowest BCUT2D eigenvalue weighted by Gasteiger charge is -2.30. The molecule has 1 saturated heterocycles. The number of nitrogens with one attached hydrogen (secondary N) is 1. The molecule has 2 aromatic heterocycles. The molecule has 27 heavy (non-hydrogen) atoms. The van der Waals surface area contributed by atoms with Gasteiger partial charge in [0.1, 0.15) is 5.69 Å². The number of rotatable bonds is 3. The molecule has 1 unspecified atom stereocenters. The van der Waals surface area contributed by atoms with E-state index in [4.69, 9.17) is 4.52 Å². The van der Waals surface area contributed by atoms with E-state index in [0.29, 0.717) is 17.9 Å². The topological polar surface area (TPSA) is 72.0 Å². The van der Waals surface area contributed by atoms with Crippen molar-refractivity contribution in [2.75, 3.05) is 26.7 Å². The number of alkyl halides is 3. The van der Waals surface area contributed by atoms with Gasteiger partial charge in [-0.05, 0) is 31.3 Å². The van der Waals surface area contributed by atoms with Crippen LogP contribution in [0.15, 0.2) is 41.1 Å². The lowest BCUT2D eigenvalue weighted by Crippen LogP contribution is -2.44. The SMILES string of the molecule is CN1CCNCC1c1noc(-c2cccc(-n3nccc3C(F)(F)F)c2)n1. The smallest absolute Gasteiger partial charge is 0.334 e. The van der Waals surface area contributed by atoms with Gasteiger partial charge < -0.3 is 9.84 Å². The van der Waals surface area contributed by atoms with Gasteiger partial charge in [0.15, 0.2) is 5.82 Å². The van der Waals surface area contributed by atoms with E-state index < -0.39 is 11.9 Å². The van der Waals surface area contributed by atoms with Crippen LogP contribution in [0.3, 0.4) is 0 Å². The molecule has 4 rings (SSSR count). The van der Waals surface area contributed by atoms with Crippen molar-refractivity contribution in [3.8, 4) is 17.1 Å². The first kappa shape index (κ1) is 17.7. The van der Waals surface area contributed by atoms with Crippen LogP contribution in [0, 0.1) is 0 Å². The molecule has 3 aromatic rings. The molecule has 0 bridgehead atoms. The highest BCUT2D eigenvalue weighted by Gasteiger charge is 2.35. The number of benzene rings is 1. The number of nitrogens with zero attached hydrogens (tertiary/aromatic N) is 5.